The summed E-state index contributed by atoms with van der Waals surface area (Å²) >= 11 is 1.82. The molecule has 1 saturated heterocycles. The number of methoxy groups -OCH3 is 1. The van der Waals surface area contributed by atoms with Crippen molar-refractivity contribution in [2.45, 2.75) is 42.9 Å². The molecule has 6 nitrogen and oxygen atoms in total. The molecule has 0 radical (unpaired) electrons. The van der Waals surface area contributed by atoms with Crippen molar-refractivity contribution in [1.82, 2.24) is 14.9 Å². The van der Waals surface area contributed by atoms with Crippen LogP contribution in [0.25, 0.3) is 0 Å². The normalized spacial score (nSPS) is 16.6. The van der Waals surface area contributed by atoms with Gasteiger partial charge in [0.2, 0.25) is 5.91 Å². The summed E-state index contributed by atoms with van der Waals surface area (Å²) in [5, 5.41) is 0.548. The van der Waals surface area contributed by atoms with Crippen molar-refractivity contribution in [3.63, 3.8) is 0 Å². The number of nitrogens with zero attached hydrogens (tertiary/aromatic N) is 3. The van der Waals surface area contributed by atoms with Gasteiger partial charge in [0.25, 0.3) is 11.8 Å². The van der Waals surface area contributed by atoms with Gasteiger partial charge in [0.1, 0.15) is 6.10 Å². The smallest absolute Gasteiger partial charge is 0.278 e. The highest BCUT2D eigenvalue weighted by Gasteiger charge is 2.28. The standard InChI is InChI=1S/C20H25N3O3S/c1-14(2)27-17-6-4-15(5-7-17)12-18(24)23-11-8-16(13-23)26-20-19(25-3)21-9-10-22-20/h4-7,9-10,14,16H,8,11-13H2,1-3H3. The molecular weight excluding hydrogens is 362 g/mol. The van der Waals surface area contributed by atoms with Crippen molar-refractivity contribution >= 4 is 17.7 Å². The molecule has 1 amide bonds. The zero-order chi connectivity index (χ0) is 19.2. The zero-order valence-corrected chi connectivity index (χ0v) is 16.7. The SMILES string of the molecule is COc1nccnc1OC1CCN(C(=O)Cc2ccc(SC(C)C)cc2)C1. The van der Waals surface area contributed by atoms with Crippen LogP contribution < -0.4 is 9.47 Å². The molecule has 0 saturated carbocycles. The van der Waals surface area contributed by atoms with Crippen LogP contribution in [0.4, 0.5) is 0 Å². The number of rotatable bonds is 7. The number of hydrogen-bond acceptors (Lipinski definition) is 6. The maximum Gasteiger partial charge on any atom is 0.278 e. The Balaban J connectivity index is 1.53. The van der Waals surface area contributed by atoms with E-state index in [-0.39, 0.29) is 12.0 Å². The van der Waals surface area contributed by atoms with Crippen LogP contribution >= 0.6 is 11.8 Å². The Bertz CT molecular complexity index is 767. The van der Waals surface area contributed by atoms with Gasteiger partial charge in [-0.2, -0.15) is 0 Å². The number of aromatic nitrogens is 2. The second-order valence-electron chi connectivity index (χ2n) is 6.73. The van der Waals surface area contributed by atoms with Crippen LogP contribution in [-0.2, 0) is 11.2 Å². The summed E-state index contributed by atoms with van der Waals surface area (Å²) in [6, 6.07) is 8.25. The maximum absolute atomic E-state index is 12.6. The molecule has 1 aliphatic rings. The molecule has 1 atom stereocenters. The van der Waals surface area contributed by atoms with Crippen molar-refractivity contribution in [3.05, 3.63) is 42.2 Å². The lowest BCUT2D eigenvalue weighted by Crippen LogP contribution is -2.32. The molecule has 1 aromatic carbocycles. The Labute approximate surface area is 164 Å². The van der Waals surface area contributed by atoms with Gasteiger partial charge >= 0.3 is 0 Å². The second-order valence-corrected chi connectivity index (χ2v) is 8.38. The Morgan fingerprint density at radius 1 is 1.22 bits per heavy atom. The van der Waals surface area contributed by atoms with Gasteiger partial charge in [-0.25, -0.2) is 9.97 Å². The van der Waals surface area contributed by atoms with Crippen molar-refractivity contribution < 1.29 is 14.3 Å². The summed E-state index contributed by atoms with van der Waals surface area (Å²) in [6.45, 7) is 5.59. The number of ether oxygens (including phenoxy) is 2. The first-order chi connectivity index (χ1) is 13.0. The predicted octanol–water partition coefficient (Wildman–Crippen LogP) is 3.21. The monoisotopic (exact) mass is 387 g/mol. The van der Waals surface area contributed by atoms with E-state index in [1.807, 2.05) is 28.8 Å². The summed E-state index contributed by atoms with van der Waals surface area (Å²) in [4.78, 5) is 23.9. The minimum atomic E-state index is -0.0932. The van der Waals surface area contributed by atoms with Crippen molar-refractivity contribution in [1.29, 1.82) is 0 Å². The van der Waals surface area contributed by atoms with Gasteiger partial charge in [0.15, 0.2) is 0 Å². The third-order valence-electron chi connectivity index (χ3n) is 4.25. The van der Waals surface area contributed by atoms with E-state index >= 15 is 0 Å². The fourth-order valence-electron chi connectivity index (χ4n) is 2.99. The topological polar surface area (TPSA) is 64.6 Å². The lowest BCUT2D eigenvalue weighted by molar-refractivity contribution is -0.129. The van der Waals surface area contributed by atoms with Crippen molar-refractivity contribution in [3.8, 4) is 11.8 Å². The number of benzene rings is 1. The van der Waals surface area contributed by atoms with E-state index in [1.54, 1.807) is 12.4 Å². The first-order valence-corrected chi connectivity index (χ1v) is 9.98. The van der Waals surface area contributed by atoms with Crippen LogP contribution in [0.2, 0.25) is 0 Å². The van der Waals surface area contributed by atoms with Crippen LogP contribution in [0.1, 0.15) is 25.8 Å². The average molecular weight is 388 g/mol. The zero-order valence-electron chi connectivity index (χ0n) is 15.9. The minimum absolute atomic E-state index is 0.0932. The molecule has 27 heavy (non-hydrogen) atoms. The summed E-state index contributed by atoms with van der Waals surface area (Å²) in [5.74, 6) is 0.857. The molecule has 0 N–H and O–H groups in total. The van der Waals surface area contributed by atoms with Crippen molar-refractivity contribution in [2.24, 2.45) is 0 Å². The molecule has 2 heterocycles. The fourth-order valence-corrected chi connectivity index (χ4v) is 3.82. The molecule has 144 valence electrons. The number of amides is 1. The minimum Gasteiger partial charge on any atom is -0.477 e. The van der Waals surface area contributed by atoms with Crippen LogP contribution in [0.3, 0.4) is 0 Å². The lowest BCUT2D eigenvalue weighted by atomic mass is 10.1. The average Bonchev–Trinajstić information content (AvgIpc) is 3.12. The summed E-state index contributed by atoms with van der Waals surface area (Å²) in [6.07, 6.45) is 4.21. The Hall–Kier alpha value is -2.28. The summed E-state index contributed by atoms with van der Waals surface area (Å²) < 4.78 is 11.0. The van der Waals surface area contributed by atoms with Gasteiger partial charge in [-0.1, -0.05) is 26.0 Å². The van der Waals surface area contributed by atoms with Gasteiger partial charge in [-0.05, 0) is 17.7 Å². The fraction of sp³-hybridized carbons (Fsp3) is 0.450. The number of carbonyl (C=O) groups excluding carboxylic acids is 1. The number of hydrogen-bond donors (Lipinski definition) is 0. The first kappa shape index (κ1) is 19.5. The molecule has 2 aromatic rings. The largest absolute Gasteiger partial charge is 0.477 e. The van der Waals surface area contributed by atoms with Gasteiger partial charge in [-0.3, -0.25) is 4.79 Å². The van der Waals surface area contributed by atoms with E-state index in [4.69, 9.17) is 9.47 Å². The van der Waals surface area contributed by atoms with Gasteiger partial charge in [0, 0.05) is 35.5 Å². The van der Waals surface area contributed by atoms with E-state index in [2.05, 4.69) is 35.9 Å². The summed E-state index contributed by atoms with van der Waals surface area (Å²) in [7, 11) is 1.53. The highest BCUT2D eigenvalue weighted by atomic mass is 32.2. The van der Waals surface area contributed by atoms with E-state index < -0.39 is 0 Å². The van der Waals surface area contributed by atoms with Crippen LogP contribution in [0, 0.1) is 0 Å². The first-order valence-electron chi connectivity index (χ1n) is 9.10. The van der Waals surface area contributed by atoms with Gasteiger partial charge in [0.05, 0.1) is 20.1 Å². The molecule has 1 aliphatic heterocycles. The van der Waals surface area contributed by atoms with Crippen LogP contribution in [0.15, 0.2) is 41.6 Å². The third-order valence-corrected chi connectivity index (χ3v) is 5.27. The van der Waals surface area contributed by atoms with Gasteiger partial charge in [-0.15, -0.1) is 11.8 Å². The molecule has 3 rings (SSSR count). The molecular formula is C20H25N3O3S. The molecule has 1 unspecified atom stereocenters. The van der Waals surface area contributed by atoms with Gasteiger partial charge < -0.3 is 14.4 Å². The Morgan fingerprint density at radius 3 is 2.59 bits per heavy atom. The second kappa shape index (κ2) is 9.08. The quantitative estimate of drug-likeness (QED) is 0.680. The van der Waals surface area contributed by atoms with E-state index in [9.17, 15) is 4.79 Å². The van der Waals surface area contributed by atoms with Crippen LogP contribution in [-0.4, -0.2) is 52.3 Å². The molecule has 0 bridgehead atoms. The molecule has 0 spiro atoms. The Kier molecular flexibility index (Phi) is 6.55. The number of thioether (sulfide) groups is 1. The lowest BCUT2D eigenvalue weighted by Gasteiger charge is -2.17. The molecule has 7 heteroatoms. The number of carbonyl (C=O) groups is 1. The van der Waals surface area contributed by atoms with Crippen molar-refractivity contribution in [2.75, 3.05) is 20.2 Å². The molecule has 0 aliphatic carbocycles. The Morgan fingerprint density at radius 2 is 1.93 bits per heavy atom. The highest BCUT2D eigenvalue weighted by molar-refractivity contribution is 7.99. The predicted molar refractivity (Wildman–Crippen MR) is 105 cm³/mol. The molecule has 1 aromatic heterocycles. The highest BCUT2D eigenvalue weighted by Crippen LogP contribution is 2.25. The van der Waals surface area contributed by atoms with E-state index in [1.165, 1.54) is 12.0 Å². The van der Waals surface area contributed by atoms with Crippen LogP contribution in [0.5, 0.6) is 11.8 Å². The third kappa shape index (κ3) is 5.35. The summed E-state index contributed by atoms with van der Waals surface area (Å²) in [5.41, 5.74) is 1.04. The maximum atomic E-state index is 12.6. The number of likely N-dealkylation sites (tertiary alicyclic amines) is 1. The van der Waals surface area contributed by atoms with E-state index in [0.29, 0.717) is 36.5 Å². The van der Waals surface area contributed by atoms with E-state index in [0.717, 1.165) is 12.0 Å². The molecule has 1 fully saturated rings.